The van der Waals surface area contributed by atoms with E-state index in [1.807, 2.05) is 12.2 Å². The number of hydrogen-bond donors (Lipinski definition) is 0. The molecule has 1 aliphatic rings. The second kappa shape index (κ2) is 5.84. The van der Waals surface area contributed by atoms with Gasteiger partial charge in [-0.2, -0.15) is 0 Å². The number of esters is 2. The van der Waals surface area contributed by atoms with E-state index >= 15 is 0 Å². The Morgan fingerprint density at radius 1 is 1.29 bits per heavy atom. The van der Waals surface area contributed by atoms with Crippen molar-refractivity contribution in [3.05, 3.63) is 12.2 Å². The summed E-state index contributed by atoms with van der Waals surface area (Å²) in [6, 6.07) is 0. The molecule has 0 bridgehead atoms. The van der Waals surface area contributed by atoms with Gasteiger partial charge >= 0.3 is 11.9 Å². The molecule has 0 aromatic heterocycles. The summed E-state index contributed by atoms with van der Waals surface area (Å²) in [4.78, 5) is 23.3. The second-order valence-corrected chi connectivity index (χ2v) is 4.34. The molecule has 0 heterocycles. The largest absolute Gasteiger partial charge is 0.468 e. The first-order valence-corrected chi connectivity index (χ1v) is 5.97. The van der Waals surface area contributed by atoms with E-state index in [9.17, 15) is 9.59 Å². The molecular weight excluding hydrogens is 220 g/mol. The lowest BCUT2D eigenvalue weighted by Gasteiger charge is -2.10. The van der Waals surface area contributed by atoms with Crippen molar-refractivity contribution in [2.75, 3.05) is 14.2 Å². The van der Waals surface area contributed by atoms with Gasteiger partial charge in [0, 0.05) is 5.92 Å². The lowest BCUT2D eigenvalue weighted by molar-refractivity contribution is -0.161. The number of carbonyl (C=O) groups excluding carboxylic acids is 2. The average Bonchev–Trinajstić information content (AvgIpc) is 3.08. The fraction of sp³-hybridized carbons (Fsp3) is 0.692. The number of unbranched alkanes of at least 4 members (excludes halogenated alkanes) is 2. The third-order valence-corrected chi connectivity index (χ3v) is 3.21. The molecule has 0 amide bonds. The predicted molar refractivity (Wildman–Crippen MR) is 63.2 cm³/mol. The first-order valence-electron chi connectivity index (χ1n) is 5.97. The van der Waals surface area contributed by atoms with E-state index in [4.69, 9.17) is 0 Å². The molecule has 1 unspecified atom stereocenters. The topological polar surface area (TPSA) is 52.6 Å². The van der Waals surface area contributed by atoms with Gasteiger partial charge in [-0.25, -0.2) is 0 Å². The maximum absolute atomic E-state index is 11.6. The van der Waals surface area contributed by atoms with Crippen LogP contribution in [0.15, 0.2) is 12.2 Å². The first-order chi connectivity index (χ1) is 8.13. The molecule has 1 saturated carbocycles. The number of allylic oxidation sites excluding steroid dienone is 2. The molecule has 1 fully saturated rings. The normalized spacial score (nSPS) is 21.2. The molecule has 4 heteroatoms. The van der Waals surface area contributed by atoms with E-state index in [1.165, 1.54) is 14.2 Å². The van der Waals surface area contributed by atoms with Gasteiger partial charge < -0.3 is 9.47 Å². The lowest BCUT2D eigenvalue weighted by atomic mass is 10.0. The molecule has 0 N–H and O–H groups in total. The molecule has 0 aromatic rings. The molecule has 17 heavy (non-hydrogen) atoms. The Morgan fingerprint density at radius 2 is 1.88 bits per heavy atom. The van der Waals surface area contributed by atoms with Crippen molar-refractivity contribution in [1.29, 1.82) is 0 Å². The monoisotopic (exact) mass is 240 g/mol. The van der Waals surface area contributed by atoms with E-state index in [0.717, 1.165) is 19.3 Å². The third kappa shape index (κ3) is 2.68. The third-order valence-electron chi connectivity index (χ3n) is 3.21. The van der Waals surface area contributed by atoms with E-state index in [-0.39, 0.29) is 5.92 Å². The van der Waals surface area contributed by atoms with Crippen LogP contribution in [-0.2, 0) is 19.1 Å². The van der Waals surface area contributed by atoms with E-state index in [0.29, 0.717) is 6.42 Å². The summed E-state index contributed by atoms with van der Waals surface area (Å²) in [6.45, 7) is 2.12. The Hall–Kier alpha value is -1.32. The van der Waals surface area contributed by atoms with Gasteiger partial charge in [0.25, 0.3) is 0 Å². The highest BCUT2D eigenvalue weighted by Gasteiger charge is 2.66. The summed E-state index contributed by atoms with van der Waals surface area (Å²) in [6.07, 6.45) is 7.69. The Labute approximate surface area is 102 Å². The number of carbonyl (C=O) groups is 2. The Bertz CT molecular complexity index is 303. The second-order valence-electron chi connectivity index (χ2n) is 4.34. The lowest BCUT2D eigenvalue weighted by Crippen LogP contribution is -2.30. The van der Waals surface area contributed by atoms with E-state index < -0.39 is 17.4 Å². The molecule has 4 nitrogen and oxygen atoms in total. The highest BCUT2D eigenvalue weighted by atomic mass is 16.5. The van der Waals surface area contributed by atoms with Crippen LogP contribution in [-0.4, -0.2) is 26.2 Å². The van der Waals surface area contributed by atoms with Gasteiger partial charge in [0.05, 0.1) is 14.2 Å². The van der Waals surface area contributed by atoms with Crippen LogP contribution in [0.4, 0.5) is 0 Å². The number of methoxy groups -OCH3 is 2. The SMILES string of the molecule is CCCC/C=C/C1CC1(C(=O)OC)C(=O)OC. The molecule has 1 atom stereocenters. The van der Waals surface area contributed by atoms with Crippen molar-refractivity contribution in [3.63, 3.8) is 0 Å². The zero-order valence-corrected chi connectivity index (χ0v) is 10.7. The molecule has 1 rings (SSSR count). The van der Waals surface area contributed by atoms with Crippen LogP contribution >= 0.6 is 0 Å². The predicted octanol–water partition coefficient (Wildman–Crippen LogP) is 2.09. The minimum absolute atomic E-state index is 0.0701. The zero-order chi connectivity index (χ0) is 12.9. The standard InChI is InChI=1S/C13H20O4/c1-4-5-6-7-8-10-9-13(10,11(14)16-2)12(15)17-3/h7-8,10H,4-6,9H2,1-3H3/b8-7+. The number of hydrogen-bond acceptors (Lipinski definition) is 4. The van der Waals surface area contributed by atoms with Crippen LogP contribution in [0, 0.1) is 11.3 Å². The van der Waals surface area contributed by atoms with E-state index in [2.05, 4.69) is 16.4 Å². The van der Waals surface area contributed by atoms with Crippen LogP contribution < -0.4 is 0 Å². The maximum Gasteiger partial charge on any atom is 0.323 e. The number of rotatable bonds is 6. The van der Waals surface area contributed by atoms with Crippen molar-refractivity contribution in [1.82, 2.24) is 0 Å². The maximum atomic E-state index is 11.6. The van der Waals surface area contributed by atoms with Gasteiger partial charge in [-0.05, 0) is 12.8 Å². The molecule has 0 aliphatic heterocycles. The molecule has 0 saturated heterocycles. The quantitative estimate of drug-likeness (QED) is 0.309. The summed E-state index contributed by atoms with van der Waals surface area (Å²) < 4.78 is 9.37. The van der Waals surface area contributed by atoms with Crippen molar-refractivity contribution in [2.45, 2.75) is 32.6 Å². The molecular formula is C13H20O4. The molecule has 0 spiro atoms. The minimum Gasteiger partial charge on any atom is -0.468 e. The van der Waals surface area contributed by atoms with Crippen LogP contribution in [0.2, 0.25) is 0 Å². The summed E-state index contributed by atoms with van der Waals surface area (Å²) >= 11 is 0. The summed E-state index contributed by atoms with van der Waals surface area (Å²) in [5, 5.41) is 0. The van der Waals surface area contributed by atoms with Gasteiger partial charge in [-0.15, -0.1) is 0 Å². The number of ether oxygens (including phenoxy) is 2. The Kier molecular flexibility index (Phi) is 4.73. The summed E-state index contributed by atoms with van der Waals surface area (Å²) in [5.74, 6) is -1.05. The van der Waals surface area contributed by atoms with E-state index in [1.54, 1.807) is 0 Å². The van der Waals surface area contributed by atoms with Gasteiger partial charge in [0.15, 0.2) is 5.41 Å². The highest BCUT2D eigenvalue weighted by molar-refractivity contribution is 6.04. The fourth-order valence-electron chi connectivity index (χ4n) is 2.02. The van der Waals surface area contributed by atoms with Crippen LogP contribution in [0.1, 0.15) is 32.6 Å². The van der Waals surface area contributed by atoms with Gasteiger partial charge in [0.1, 0.15) is 0 Å². The van der Waals surface area contributed by atoms with Gasteiger partial charge in [0.2, 0.25) is 0 Å². The molecule has 0 radical (unpaired) electrons. The fourth-order valence-corrected chi connectivity index (χ4v) is 2.02. The molecule has 96 valence electrons. The van der Waals surface area contributed by atoms with Crippen molar-refractivity contribution in [3.8, 4) is 0 Å². The van der Waals surface area contributed by atoms with Crippen LogP contribution in [0.25, 0.3) is 0 Å². The van der Waals surface area contributed by atoms with Crippen LogP contribution in [0.5, 0.6) is 0 Å². The van der Waals surface area contributed by atoms with Gasteiger partial charge in [-0.1, -0.05) is 31.9 Å². The molecule has 0 aromatic carbocycles. The Balaban J connectivity index is 2.63. The summed E-state index contributed by atoms with van der Waals surface area (Å²) in [7, 11) is 2.59. The van der Waals surface area contributed by atoms with Crippen LogP contribution in [0.3, 0.4) is 0 Å². The van der Waals surface area contributed by atoms with Gasteiger partial charge in [-0.3, -0.25) is 9.59 Å². The zero-order valence-electron chi connectivity index (χ0n) is 10.7. The van der Waals surface area contributed by atoms with Crippen molar-refractivity contribution >= 4 is 11.9 Å². The smallest absolute Gasteiger partial charge is 0.323 e. The highest BCUT2D eigenvalue weighted by Crippen LogP contribution is 2.55. The van der Waals surface area contributed by atoms with Crippen molar-refractivity contribution in [2.24, 2.45) is 11.3 Å². The minimum atomic E-state index is -1.08. The average molecular weight is 240 g/mol. The Morgan fingerprint density at radius 3 is 2.35 bits per heavy atom. The van der Waals surface area contributed by atoms with Crippen molar-refractivity contribution < 1.29 is 19.1 Å². The first kappa shape index (κ1) is 13.7. The summed E-state index contributed by atoms with van der Waals surface area (Å²) in [5.41, 5.74) is -1.08. The molecule has 1 aliphatic carbocycles.